The number of rotatable bonds is 5. The molecule has 0 spiro atoms. The molecule has 1 atom stereocenters. The first-order valence-electron chi connectivity index (χ1n) is 6.21. The predicted molar refractivity (Wildman–Crippen MR) is 73.5 cm³/mol. The quantitative estimate of drug-likeness (QED) is 0.657. The molecule has 1 aliphatic rings. The lowest BCUT2D eigenvalue weighted by molar-refractivity contribution is -0.148. The number of carbonyl (C=O) groups is 1. The fourth-order valence-electron chi connectivity index (χ4n) is 2.24. The molecule has 2 rings (SSSR count). The lowest BCUT2D eigenvalue weighted by atomic mass is 9.91. The van der Waals surface area contributed by atoms with Crippen LogP contribution in [0.5, 0.6) is 0 Å². The minimum atomic E-state index is -0.478. The van der Waals surface area contributed by atoms with Crippen LogP contribution in [-0.2, 0) is 9.53 Å². The van der Waals surface area contributed by atoms with Gasteiger partial charge in [0, 0.05) is 10.9 Å². The number of methoxy groups -OCH3 is 1. The average molecular weight is 265 g/mol. The van der Waals surface area contributed by atoms with Gasteiger partial charge in [0.2, 0.25) is 0 Å². The molecule has 4 heteroatoms. The number of hydrogen-bond donors (Lipinski definition) is 1. The van der Waals surface area contributed by atoms with Gasteiger partial charge < -0.3 is 10.5 Å². The van der Waals surface area contributed by atoms with E-state index in [9.17, 15) is 4.79 Å². The van der Waals surface area contributed by atoms with Gasteiger partial charge in [-0.2, -0.15) is 0 Å². The van der Waals surface area contributed by atoms with E-state index >= 15 is 0 Å². The molecule has 98 valence electrons. The second kappa shape index (κ2) is 5.33. The van der Waals surface area contributed by atoms with Crippen LogP contribution >= 0.6 is 11.8 Å². The lowest BCUT2D eigenvalue weighted by Crippen LogP contribution is -2.31. The summed E-state index contributed by atoms with van der Waals surface area (Å²) in [4.78, 5) is 13.0. The van der Waals surface area contributed by atoms with Crippen molar-refractivity contribution in [2.24, 2.45) is 11.1 Å². The monoisotopic (exact) mass is 265 g/mol. The normalized spacial score (nSPS) is 18.2. The van der Waals surface area contributed by atoms with Gasteiger partial charge in [0.15, 0.2) is 0 Å². The third-order valence-electron chi connectivity index (χ3n) is 3.53. The van der Waals surface area contributed by atoms with E-state index in [1.54, 1.807) is 11.8 Å². The largest absolute Gasteiger partial charge is 0.469 e. The molecule has 0 aromatic heterocycles. The number of thioether (sulfide) groups is 1. The van der Waals surface area contributed by atoms with E-state index in [-0.39, 0.29) is 12.0 Å². The molecule has 1 unspecified atom stereocenters. The van der Waals surface area contributed by atoms with Crippen molar-refractivity contribution < 1.29 is 9.53 Å². The highest BCUT2D eigenvalue weighted by atomic mass is 32.2. The van der Waals surface area contributed by atoms with E-state index in [0.29, 0.717) is 0 Å². The first-order chi connectivity index (χ1) is 8.64. The van der Waals surface area contributed by atoms with Gasteiger partial charge in [-0.15, -0.1) is 11.8 Å². The zero-order valence-electron chi connectivity index (χ0n) is 10.8. The number of benzene rings is 1. The highest BCUT2D eigenvalue weighted by Gasteiger charge is 2.56. The molecule has 3 nitrogen and oxygen atoms in total. The lowest BCUT2D eigenvalue weighted by Gasteiger charge is -2.21. The topological polar surface area (TPSA) is 52.3 Å². The van der Waals surface area contributed by atoms with Crippen molar-refractivity contribution >= 4 is 17.7 Å². The Morgan fingerprint density at radius 1 is 1.44 bits per heavy atom. The Morgan fingerprint density at radius 2 is 2.06 bits per heavy atom. The molecule has 18 heavy (non-hydrogen) atoms. The van der Waals surface area contributed by atoms with Gasteiger partial charge in [-0.05, 0) is 36.3 Å². The summed E-state index contributed by atoms with van der Waals surface area (Å²) < 4.78 is 4.86. The van der Waals surface area contributed by atoms with Crippen molar-refractivity contribution in [2.75, 3.05) is 12.9 Å². The molecule has 1 aromatic carbocycles. The fourth-order valence-corrected chi connectivity index (χ4v) is 2.90. The second-order valence-corrected chi connectivity index (χ2v) is 5.96. The van der Waals surface area contributed by atoms with Crippen LogP contribution in [0.25, 0.3) is 0 Å². The number of esters is 1. The standard InChI is InChI=1S/C14H19NO2S/c1-3-18-11-6-4-10(5-7-11)12(15)14(8-9-14)13(16)17-2/h4-7,12H,3,8-9,15H2,1-2H3. The van der Waals surface area contributed by atoms with Crippen molar-refractivity contribution in [3.63, 3.8) is 0 Å². The molecular formula is C14H19NO2S. The van der Waals surface area contributed by atoms with Crippen molar-refractivity contribution in [1.82, 2.24) is 0 Å². The van der Waals surface area contributed by atoms with Crippen LogP contribution in [0.4, 0.5) is 0 Å². The minimum Gasteiger partial charge on any atom is -0.469 e. The average Bonchev–Trinajstić information content (AvgIpc) is 3.20. The number of nitrogens with two attached hydrogens (primary N) is 1. The molecule has 0 heterocycles. The number of ether oxygens (including phenoxy) is 1. The van der Waals surface area contributed by atoms with Gasteiger partial charge in [-0.3, -0.25) is 4.79 Å². The summed E-state index contributed by atoms with van der Waals surface area (Å²) in [5.74, 6) is 0.874. The van der Waals surface area contributed by atoms with Gasteiger partial charge in [-0.1, -0.05) is 19.1 Å². The van der Waals surface area contributed by atoms with Crippen LogP contribution in [0, 0.1) is 5.41 Å². The van der Waals surface area contributed by atoms with Crippen LogP contribution < -0.4 is 5.73 Å². The van der Waals surface area contributed by atoms with E-state index in [4.69, 9.17) is 10.5 Å². The Bertz CT molecular complexity index is 426. The fraction of sp³-hybridized carbons (Fsp3) is 0.500. The minimum absolute atomic E-state index is 0.179. The summed E-state index contributed by atoms with van der Waals surface area (Å²) in [7, 11) is 1.43. The molecular weight excluding hydrogens is 246 g/mol. The smallest absolute Gasteiger partial charge is 0.313 e. The molecule has 0 aliphatic heterocycles. The molecule has 0 amide bonds. The summed E-state index contributed by atoms with van der Waals surface area (Å²) in [6.45, 7) is 2.13. The molecule has 0 saturated heterocycles. The first kappa shape index (κ1) is 13.4. The molecule has 1 aromatic rings. The molecule has 0 bridgehead atoms. The van der Waals surface area contributed by atoms with Crippen LogP contribution in [0.15, 0.2) is 29.2 Å². The first-order valence-corrected chi connectivity index (χ1v) is 7.19. The van der Waals surface area contributed by atoms with Crippen LogP contribution in [0.1, 0.15) is 31.4 Å². The van der Waals surface area contributed by atoms with E-state index in [0.717, 1.165) is 24.2 Å². The molecule has 1 saturated carbocycles. The highest BCUT2D eigenvalue weighted by molar-refractivity contribution is 7.99. The van der Waals surface area contributed by atoms with Gasteiger partial charge in [0.05, 0.1) is 12.5 Å². The van der Waals surface area contributed by atoms with E-state index in [2.05, 4.69) is 19.1 Å². The maximum Gasteiger partial charge on any atom is 0.313 e. The molecule has 2 N–H and O–H groups in total. The van der Waals surface area contributed by atoms with Crippen molar-refractivity contribution in [3.8, 4) is 0 Å². The van der Waals surface area contributed by atoms with Crippen molar-refractivity contribution in [3.05, 3.63) is 29.8 Å². The Kier molecular flexibility index (Phi) is 3.97. The Labute approximate surface area is 112 Å². The maximum absolute atomic E-state index is 11.8. The van der Waals surface area contributed by atoms with E-state index in [1.165, 1.54) is 12.0 Å². The van der Waals surface area contributed by atoms with Gasteiger partial charge in [-0.25, -0.2) is 0 Å². The number of hydrogen-bond acceptors (Lipinski definition) is 4. The Balaban J connectivity index is 2.14. The Morgan fingerprint density at radius 3 is 2.50 bits per heavy atom. The molecule has 0 radical (unpaired) electrons. The number of carbonyl (C=O) groups excluding carboxylic acids is 1. The van der Waals surface area contributed by atoms with Crippen LogP contribution in [-0.4, -0.2) is 18.8 Å². The second-order valence-electron chi connectivity index (χ2n) is 4.63. The van der Waals surface area contributed by atoms with Gasteiger partial charge in [0.25, 0.3) is 0 Å². The zero-order chi connectivity index (χ0) is 13.2. The summed E-state index contributed by atoms with van der Waals surface area (Å²) >= 11 is 1.80. The maximum atomic E-state index is 11.8. The SMILES string of the molecule is CCSc1ccc(C(N)C2(C(=O)OC)CC2)cc1. The summed E-state index contributed by atoms with van der Waals surface area (Å²) in [6, 6.07) is 7.91. The summed E-state index contributed by atoms with van der Waals surface area (Å²) in [5.41, 5.74) is 6.76. The predicted octanol–water partition coefficient (Wildman–Crippen LogP) is 2.75. The summed E-state index contributed by atoms with van der Waals surface area (Å²) in [5, 5.41) is 0. The van der Waals surface area contributed by atoms with E-state index in [1.807, 2.05) is 12.1 Å². The van der Waals surface area contributed by atoms with Crippen LogP contribution in [0.2, 0.25) is 0 Å². The van der Waals surface area contributed by atoms with Gasteiger partial charge in [0.1, 0.15) is 0 Å². The summed E-state index contributed by atoms with van der Waals surface area (Å²) in [6.07, 6.45) is 1.65. The third-order valence-corrected chi connectivity index (χ3v) is 4.42. The molecule has 1 fully saturated rings. The van der Waals surface area contributed by atoms with Gasteiger partial charge >= 0.3 is 5.97 Å². The van der Waals surface area contributed by atoms with Crippen molar-refractivity contribution in [2.45, 2.75) is 30.7 Å². The van der Waals surface area contributed by atoms with Crippen molar-refractivity contribution in [1.29, 1.82) is 0 Å². The van der Waals surface area contributed by atoms with Crippen LogP contribution in [0.3, 0.4) is 0 Å². The van der Waals surface area contributed by atoms with E-state index < -0.39 is 5.41 Å². The molecule has 1 aliphatic carbocycles. The highest BCUT2D eigenvalue weighted by Crippen LogP contribution is 2.54. The Hall–Kier alpha value is -1.00. The third kappa shape index (κ3) is 2.40. The zero-order valence-corrected chi connectivity index (χ0v) is 11.6.